The van der Waals surface area contributed by atoms with Crippen molar-refractivity contribution in [3.63, 3.8) is 0 Å². The summed E-state index contributed by atoms with van der Waals surface area (Å²) in [6.45, 7) is 2.29. The number of halogens is 1. The fraction of sp³-hybridized carbons (Fsp3) is 0.533. The third-order valence-corrected chi connectivity index (χ3v) is 4.46. The van der Waals surface area contributed by atoms with Gasteiger partial charge < -0.3 is 11.1 Å². The largest absolute Gasteiger partial charge is 0.399 e. The molecule has 2 fully saturated rings. The van der Waals surface area contributed by atoms with E-state index in [9.17, 15) is 9.18 Å². The fourth-order valence-corrected chi connectivity index (χ4v) is 2.90. The van der Waals surface area contributed by atoms with Crippen LogP contribution in [0.4, 0.5) is 10.1 Å². The molecule has 3 N–H and O–H groups in total. The third-order valence-electron chi connectivity index (χ3n) is 4.46. The van der Waals surface area contributed by atoms with Crippen molar-refractivity contribution in [2.24, 2.45) is 11.3 Å². The van der Waals surface area contributed by atoms with Crippen LogP contribution in [0.25, 0.3) is 0 Å². The second kappa shape index (κ2) is 4.22. The van der Waals surface area contributed by atoms with Crippen LogP contribution in [-0.2, 0) is 0 Å². The minimum absolute atomic E-state index is 0.0593. The summed E-state index contributed by atoms with van der Waals surface area (Å²) in [5, 5.41) is 2.88. The maximum atomic E-state index is 13.9. The molecular weight excluding hydrogens is 243 g/mol. The minimum atomic E-state index is -0.469. The van der Waals surface area contributed by atoms with E-state index in [0.29, 0.717) is 23.2 Å². The van der Waals surface area contributed by atoms with Gasteiger partial charge in [-0.1, -0.05) is 0 Å². The number of rotatable bonds is 4. The van der Waals surface area contributed by atoms with Crippen molar-refractivity contribution < 1.29 is 9.18 Å². The Hall–Kier alpha value is -1.58. The van der Waals surface area contributed by atoms with Crippen LogP contribution in [0.1, 0.15) is 41.6 Å². The van der Waals surface area contributed by atoms with Gasteiger partial charge in [-0.05, 0) is 61.6 Å². The number of carbonyl (C=O) groups excluding carboxylic acids is 1. The van der Waals surface area contributed by atoms with E-state index in [0.717, 1.165) is 5.92 Å². The number of hydrogen-bond donors (Lipinski definition) is 2. The molecule has 2 aliphatic rings. The maximum Gasteiger partial charge on any atom is 0.254 e. The Morgan fingerprint density at radius 3 is 2.74 bits per heavy atom. The fourth-order valence-electron chi connectivity index (χ4n) is 2.90. The van der Waals surface area contributed by atoms with Gasteiger partial charge in [-0.25, -0.2) is 4.39 Å². The number of hydrogen-bond acceptors (Lipinski definition) is 2. The van der Waals surface area contributed by atoms with E-state index in [1.807, 2.05) is 0 Å². The SMILES string of the molecule is Cc1cc(N)cc(C(=O)NCC2(C3CC3)CC2)c1F. The van der Waals surface area contributed by atoms with E-state index in [2.05, 4.69) is 5.32 Å². The minimum Gasteiger partial charge on any atom is -0.399 e. The van der Waals surface area contributed by atoms with Gasteiger partial charge in [-0.15, -0.1) is 0 Å². The molecule has 0 saturated heterocycles. The van der Waals surface area contributed by atoms with E-state index in [4.69, 9.17) is 5.73 Å². The van der Waals surface area contributed by atoms with Crippen molar-refractivity contribution >= 4 is 11.6 Å². The summed E-state index contributed by atoms with van der Waals surface area (Å²) in [5.74, 6) is -0.0389. The molecule has 102 valence electrons. The van der Waals surface area contributed by atoms with Gasteiger partial charge in [0.1, 0.15) is 5.82 Å². The number of amides is 1. The predicted molar refractivity (Wildman–Crippen MR) is 72.3 cm³/mol. The summed E-state index contributed by atoms with van der Waals surface area (Å²) in [7, 11) is 0. The maximum absolute atomic E-state index is 13.9. The first-order chi connectivity index (χ1) is 9.02. The van der Waals surface area contributed by atoms with Gasteiger partial charge in [-0.3, -0.25) is 4.79 Å². The molecule has 0 aliphatic heterocycles. The molecule has 1 aromatic carbocycles. The average Bonchev–Trinajstić information content (AvgIpc) is 3.23. The first kappa shape index (κ1) is 12.5. The van der Waals surface area contributed by atoms with Crippen molar-refractivity contribution in [2.75, 3.05) is 12.3 Å². The van der Waals surface area contributed by atoms with Crippen molar-refractivity contribution in [3.05, 3.63) is 29.1 Å². The van der Waals surface area contributed by atoms with Crippen LogP contribution in [0.3, 0.4) is 0 Å². The molecule has 1 aromatic rings. The Morgan fingerprint density at radius 1 is 1.47 bits per heavy atom. The molecule has 2 saturated carbocycles. The number of nitrogens with two attached hydrogens (primary N) is 1. The first-order valence-corrected chi connectivity index (χ1v) is 6.86. The third kappa shape index (κ3) is 2.31. The molecule has 1 amide bonds. The van der Waals surface area contributed by atoms with E-state index >= 15 is 0 Å². The highest BCUT2D eigenvalue weighted by Crippen LogP contribution is 2.60. The Kier molecular flexibility index (Phi) is 2.77. The second-order valence-corrected chi connectivity index (χ2v) is 6.02. The number of aryl methyl sites for hydroxylation is 1. The van der Waals surface area contributed by atoms with E-state index < -0.39 is 5.82 Å². The molecular formula is C15H19FN2O. The lowest BCUT2D eigenvalue weighted by atomic mass is 10.0. The van der Waals surface area contributed by atoms with Gasteiger partial charge in [0.25, 0.3) is 5.91 Å². The standard InChI is InChI=1S/C15H19FN2O/c1-9-6-11(17)7-12(13(9)16)14(19)18-8-15(4-5-15)10-2-3-10/h6-7,10H,2-5,8,17H2,1H3,(H,18,19). The van der Waals surface area contributed by atoms with E-state index in [1.54, 1.807) is 13.0 Å². The number of benzene rings is 1. The van der Waals surface area contributed by atoms with Crippen molar-refractivity contribution in [1.82, 2.24) is 5.32 Å². The van der Waals surface area contributed by atoms with Gasteiger partial charge in [0.05, 0.1) is 5.56 Å². The Bertz CT molecular complexity index is 533. The van der Waals surface area contributed by atoms with E-state index in [1.165, 1.54) is 31.7 Å². The number of nitrogen functional groups attached to an aromatic ring is 1. The molecule has 4 heteroatoms. The van der Waals surface area contributed by atoms with Gasteiger partial charge >= 0.3 is 0 Å². The molecule has 0 bridgehead atoms. The highest BCUT2D eigenvalue weighted by atomic mass is 19.1. The van der Waals surface area contributed by atoms with Crippen molar-refractivity contribution in [1.29, 1.82) is 0 Å². The summed E-state index contributed by atoms with van der Waals surface area (Å²) < 4.78 is 13.9. The molecule has 0 radical (unpaired) electrons. The summed E-state index contributed by atoms with van der Waals surface area (Å²) in [4.78, 5) is 12.1. The molecule has 0 aromatic heterocycles. The number of nitrogens with one attached hydrogen (secondary N) is 1. The van der Waals surface area contributed by atoms with Crippen molar-refractivity contribution in [3.8, 4) is 0 Å². The normalized spacial score (nSPS) is 20.1. The average molecular weight is 262 g/mol. The first-order valence-electron chi connectivity index (χ1n) is 6.86. The summed E-state index contributed by atoms with van der Waals surface area (Å²) >= 11 is 0. The lowest BCUT2D eigenvalue weighted by Crippen LogP contribution is -2.32. The lowest BCUT2D eigenvalue weighted by molar-refractivity contribution is 0.0938. The molecule has 2 aliphatic carbocycles. The van der Waals surface area contributed by atoms with Gasteiger partial charge in [-0.2, -0.15) is 0 Å². The monoisotopic (exact) mass is 262 g/mol. The molecule has 0 atom stereocenters. The van der Waals surface area contributed by atoms with Crippen LogP contribution in [0.15, 0.2) is 12.1 Å². The zero-order chi connectivity index (χ0) is 13.6. The number of anilines is 1. The van der Waals surface area contributed by atoms with Crippen LogP contribution < -0.4 is 11.1 Å². The lowest BCUT2D eigenvalue weighted by Gasteiger charge is -2.15. The smallest absolute Gasteiger partial charge is 0.254 e. The predicted octanol–water partition coefficient (Wildman–Crippen LogP) is 2.64. The highest BCUT2D eigenvalue weighted by Gasteiger charge is 2.53. The summed E-state index contributed by atoms with van der Waals surface area (Å²) in [5.41, 5.74) is 6.89. The molecule has 0 spiro atoms. The topological polar surface area (TPSA) is 55.1 Å². The molecule has 19 heavy (non-hydrogen) atoms. The van der Waals surface area contributed by atoms with Crippen LogP contribution in [0.5, 0.6) is 0 Å². The van der Waals surface area contributed by atoms with Crippen molar-refractivity contribution in [2.45, 2.75) is 32.6 Å². The Morgan fingerprint density at radius 2 is 2.16 bits per heavy atom. The summed E-state index contributed by atoms with van der Waals surface area (Å²) in [6.07, 6.45) is 4.94. The molecule has 3 nitrogen and oxygen atoms in total. The highest BCUT2D eigenvalue weighted by molar-refractivity contribution is 5.95. The number of carbonyl (C=O) groups is 1. The zero-order valence-corrected chi connectivity index (χ0v) is 11.1. The van der Waals surface area contributed by atoms with Gasteiger partial charge in [0.2, 0.25) is 0 Å². The molecule has 3 rings (SSSR count). The van der Waals surface area contributed by atoms with Crippen LogP contribution in [0.2, 0.25) is 0 Å². The molecule has 0 heterocycles. The summed E-state index contributed by atoms with van der Waals surface area (Å²) in [6, 6.07) is 2.95. The van der Waals surface area contributed by atoms with Gasteiger partial charge in [0.15, 0.2) is 0 Å². The van der Waals surface area contributed by atoms with Crippen LogP contribution >= 0.6 is 0 Å². The second-order valence-electron chi connectivity index (χ2n) is 6.02. The van der Waals surface area contributed by atoms with Gasteiger partial charge in [0, 0.05) is 12.2 Å². The zero-order valence-electron chi connectivity index (χ0n) is 11.1. The molecule has 0 unspecified atom stereocenters. The quantitative estimate of drug-likeness (QED) is 0.820. The Balaban J connectivity index is 1.70. The Labute approximate surface area is 112 Å². The van der Waals surface area contributed by atoms with Crippen LogP contribution in [0, 0.1) is 24.1 Å². The van der Waals surface area contributed by atoms with E-state index in [-0.39, 0.29) is 11.5 Å². The van der Waals surface area contributed by atoms with Crippen LogP contribution in [-0.4, -0.2) is 12.5 Å².